The molecule has 12 heavy (non-hydrogen) atoms. The lowest BCUT2D eigenvalue weighted by atomic mass is 9.92. The van der Waals surface area contributed by atoms with Crippen LogP contribution in [0, 0.1) is 0 Å². The highest BCUT2D eigenvalue weighted by Gasteiger charge is 2.18. The average molecular weight is 293 g/mol. The van der Waals surface area contributed by atoms with Crippen molar-refractivity contribution >= 4 is 31.9 Å². The van der Waals surface area contributed by atoms with E-state index in [2.05, 4.69) is 57.6 Å². The molecular formula is C9H11Br2N. The molecule has 1 rings (SSSR count). The highest BCUT2D eigenvalue weighted by molar-refractivity contribution is 9.11. The molecular weight excluding hydrogens is 282 g/mol. The molecule has 0 fully saturated rings. The second-order valence-electron chi connectivity index (χ2n) is 3.73. The van der Waals surface area contributed by atoms with Crippen molar-refractivity contribution in [1.82, 2.24) is 4.98 Å². The van der Waals surface area contributed by atoms with Crippen molar-refractivity contribution in [2.75, 3.05) is 0 Å². The molecule has 0 aliphatic carbocycles. The minimum atomic E-state index is 0.0968. The average Bonchev–Trinajstić information content (AvgIpc) is 1.83. The van der Waals surface area contributed by atoms with Crippen LogP contribution in [0.4, 0.5) is 0 Å². The van der Waals surface area contributed by atoms with Gasteiger partial charge in [0.15, 0.2) is 0 Å². The predicted octanol–water partition coefficient (Wildman–Crippen LogP) is 3.90. The van der Waals surface area contributed by atoms with Crippen molar-refractivity contribution in [2.24, 2.45) is 0 Å². The molecule has 0 saturated heterocycles. The van der Waals surface area contributed by atoms with E-state index >= 15 is 0 Å². The lowest BCUT2D eigenvalue weighted by Crippen LogP contribution is -2.14. The van der Waals surface area contributed by atoms with Gasteiger partial charge in [0.2, 0.25) is 0 Å². The topological polar surface area (TPSA) is 12.9 Å². The molecule has 0 aliphatic rings. The highest BCUT2D eigenvalue weighted by atomic mass is 79.9. The number of nitrogens with zero attached hydrogens (tertiary/aromatic N) is 1. The van der Waals surface area contributed by atoms with Crippen LogP contribution in [0.1, 0.15) is 26.5 Å². The molecule has 1 aromatic heterocycles. The summed E-state index contributed by atoms with van der Waals surface area (Å²) in [6.07, 6.45) is 1.82. The molecule has 0 aromatic carbocycles. The van der Waals surface area contributed by atoms with Gasteiger partial charge in [0, 0.05) is 20.6 Å². The Balaban J connectivity index is 3.19. The van der Waals surface area contributed by atoms with E-state index in [1.165, 1.54) is 0 Å². The maximum absolute atomic E-state index is 4.36. The van der Waals surface area contributed by atoms with Crippen LogP contribution in [0.25, 0.3) is 0 Å². The van der Waals surface area contributed by atoms with Crippen LogP contribution in [0.5, 0.6) is 0 Å². The summed E-state index contributed by atoms with van der Waals surface area (Å²) in [7, 11) is 0. The molecule has 0 atom stereocenters. The van der Waals surface area contributed by atoms with E-state index in [-0.39, 0.29) is 5.41 Å². The third kappa shape index (κ3) is 2.30. The van der Waals surface area contributed by atoms with Crippen molar-refractivity contribution < 1.29 is 0 Å². The number of hydrogen-bond donors (Lipinski definition) is 0. The van der Waals surface area contributed by atoms with Gasteiger partial charge in [-0.1, -0.05) is 20.8 Å². The van der Waals surface area contributed by atoms with Gasteiger partial charge in [-0.2, -0.15) is 0 Å². The summed E-state index contributed by atoms with van der Waals surface area (Å²) >= 11 is 6.86. The van der Waals surface area contributed by atoms with Crippen LogP contribution in [0.15, 0.2) is 21.2 Å². The number of rotatable bonds is 0. The first-order valence-corrected chi connectivity index (χ1v) is 5.31. The van der Waals surface area contributed by atoms with E-state index in [0.29, 0.717) is 0 Å². The lowest BCUT2D eigenvalue weighted by molar-refractivity contribution is 0.565. The number of hydrogen-bond acceptors (Lipinski definition) is 1. The van der Waals surface area contributed by atoms with E-state index in [0.717, 1.165) is 14.6 Å². The van der Waals surface area contributed by atoms with Crippen LogP contribution in [-0.4, -0.2) is 4.98 Å². The normalized spacial score (nSPS) is 11.8. The third-order valence-electron chi connectivity index (χ3n) is 1.52. The van der Waals surface area contributed by atoms with Gasteiger partial charge in [0.1, 0.15) is 0 Å². The first-order chi connectivity index (χ1) is 5.41. The fraction of sp³-hybridized carbons (Fsp3) is 0.444. The Morgan fingerprint density at radius 2 is 1.83 bits per heavy atom. The molecule has 0 radical (unpaired) electrons. The quantitative estimate of drug-likeness (QED) is 0.707. The van der Waals surface area contributed by atoms with Crippen LogP contribution in [0.2, 0.25) is 0 Å². The molecule has 0 aliphatic heterocycles. The van der Waals surface area contributed by atoms with E-state index in [4.69, 9.17) is 0 Å². The van der Waals surface area contributed by atoms with Gasteiger partial charge in [0.05, 0.1) is 5.69 Å². The van der Waals surface area contributed by atoms with E-state index in [9.17, 15) is 0 Å². The Labute approximate surface area is 89.8 Å². The molecule has 1 aromatic rings. The molecule has 0 N–H and O–H groups in total. The fourth-order valence-corrected chi connectivity index (χ4v) is 2.55. The molecule has 3 heteroatoms. The fourth-order valence-electron chi connectivity index (χ4n) is 0.966. The summed E-state index contributed by atoms with van der Waals surface area (Å²) in [6.45, 7) is 6.44. The molecule has 0 spiro atoms. The number of halogens is 2. The summed E-state index contributed by atoms with van der Waals surface area (Å²) in [5.41, 5.74) is 1.19. The zero-order valence-corrected chi connectivity index (χ0v) is 10.5. The molecule has 0 saturated carbocycles. The maximum Gasteiger partial charge on any atom is 0.0599 e. The molecule has 0 amide bonds. The minimum absolute atomic E-state index is 0.0968. The van der Waals surface area contributed by atoms with Gasteiger partial charge in [-0.05, 0) is 37.9 Å². The van der Waals surface area contributed by atoms with Crippen molar-refractivity contribution in [1.29, 1.82) is 0 Å². The van der Waals surface area contributed by atoms with Gasteiger partial charge < -0.3 is 0 Å². The number of aromatic nitrogens is 1. The predicted molar refractivity (Wildman–Crippen MR) is 58.3 cm³/mol. The second kappa shape index (κ2) is 3.46. The van der Waals surface area contributed by atoms with E-state index < -0.39 is 0 Å². The molecule has 0 bridgehead atoms. The first kappa shape index (κ1) is 10.2. The van der Waals surface area contributed by atoms with Crippen LogP contribution < -0.4 is 0 Å². The summed E-state index contributed by atoms with van der Waals surface area (Å²) in [6, 6.07) is 2.02. The van der Waals surface area contributed by atoms with Gasteiger partial charge in [-0.15, -0.1) is 0 Å². The van der Waals surface area contributed by atoms with Crippen LogP contribution >= 0.6 is 31.9 Å². The largest absolute Gasteiger partial charge is 0.258 e. The van der Waals surface area contributed by atoms with Crippen molar-refractivity contribution in [3.63, 3.8) is 0 Å². The van der Waals surface area contributed by atoms with Crippen LogP contribution in [-0.2, 0) is 5.41 Å². The van der Waals surface area contributed by atoms with Gasteiger partial charge in [-0.25, -0.2) is 0 Å². The summed E-state index contributed by atoms with van der Waals surface area (Å²) in [4.78, 5) is 4.36. The number of pyridine rings is 1. The van der Waals surface area contributed by atoms with Crippen molar-refractivity contribution in [2.45, 2.75) is 26.2 Å². The summed E-state index contributed by atoms with van der Waals surface area (Å²) < 4.78 is 2.06. The Morgan fingerprint density at radius 3 is 2.25 bits per heavy atom. The first-order valence-electron chi connectivity index (χ1n) is 3.73. The lowest BCUT2D eigenvalue weighted by Gasteiger charge is -2.18. The zero-order chi connectivity index (χ0) is 9.35. The zero-order valence-electron chi connectivity index (χ0n) is 7.36. The molecule has 0 unspecified atom stereocenters. The highest BCUT2D eigenvalue weighted by Crippen LogP contribution is 2.29. The van der Waals surface area contributed by atoms with Gasteiger partial charge >= 0.3 is 0 Å². The van der Waals surface area contributed by atoms with E-state index in [1.807, 2.05) is 12.3 Å². The monoisotopic (exact) mass is 291 g/mol. The molecule has 1 nitrogen and oxygen atoms in total. The minimum Gasteiger partial charge on any atom is -0.258 e. The Hall–Kier alpha value is 0.110. The van der Waals surface area contributed by atoms with Crippen molar-refractivity contribution in [3.05, 3.63) is 26.9 Å². The van der Waals surface area contributed by atoms with Gasteiger partial charge in [-0.3, -0.25) is 4.98 Å². The third-order valence-corrected chi connectivity index (χ3v) is 2.56. The Kier molecular flexibility index (Phi) is 2.94. The standard InChI is InChI=1S/C9H11Br2N/c1-9(2,3)8-7(11)4-6(10)5-12-8/h4-5H,1-3H3. The molecule has 1 heterocycles. The molecule has 66 valence electrons. The second-order valence-corrected chi connectivity index (χ2v) is 5.50. The Bertz CT molecular complexity index is 289. The summed E-state index contributed by atoms with van der Waals surface area (Å²) in [5.74, 6) is 0. The van der Waals surface area contributed by atoms with Crippen molar-refractivity contribution in [3.8, 4) is 0 Å². The van der Waals surface area contributed by atoms with Gasteiger partial charge in [0.25, 0.3) is 0 Å². The summed E-state index contributed by atoms with van der Waals surface area (Å²) in [5, 5.41) is 0. The van der Waals surface area contributed by atoms with Crippen LogP contribution in [0.3, 0.4) is 0 Å². The maximum atomic E-state index is 4.36. The Morgan fingerprint density at radius 1 is 1.25 bits per heavy atom. The van der Waals surface area contributed by atoms with E-state index in [1.54, 1.807) is 0 Å². The SMILES string of the molecule is CC(C)(C)c1ncc(Br)cc1Br. The smallest absolute Gasteiger partial charge is 0.0599 e.